The zero-order valence-electron chi connectivity index (χ0n) is 18.1. The van der Waals surface area contributed by atoms with Gasteiger partial charge in [-0.25, -0.2) is 15.0 Å². The Balaban J connectivity index is 0.00000119. The zero-order chi connectivity index (χ0) is 22.7. The van der Waals surface area contributed by atoms with Crippen molar-refractivity contribution in [1.29, 1.82) is 0 Å². The summed E-state index contributed by atoms with van der Waals surface area (Å²) >= 11 is 0. The quantitative estimate of drug-likeness (QED) is 0.693. The van der Waals surface area contributed by atoms with E-state index in [-0.39, 0.29) is 11.6 Å². The number of likely N-dealkylation sites (tertiary alicyclic amines) is 1. The molecule has 3 fully saturated rings. The molecule has 2 saturated heterocycles. The topological polar surface area (TPSA) is 107 Å². The number of hydrogen-bond acceptors (Lipinski definition) is 8. The molecule has 2 aliphatic heterocycles. The maximum Gasteiger partial charge on any atom is 0.387 e. The maximum absolute atomic E-state index is 12.7. The lowest BCUT2D eigenvalue weighted by atomic mass is 9.91. The molecule has 1 aliphatic carbocycles. The Bertz CT molecular complexity index is 916. The Morgan fingerprint density at radius 3 is 2.41 bits per heavy atom. The van der Waals surface area contributed by atoms with Crippen LogP contribution in [0.4, 0.5) is 14.6 Å². The summed E-state index contributed by atoms with van der Waals surface area (Å²) in [7, 11) is 1.00. The molecule has 32 heavy (non-hydrogen) atoms. The number of aliphatic hydroxyl groups excluding tert-OH is 1. The van der Waals surface area contributed by atoms with E-state index in [2.05, 4.69) is 14.6 Å². The van der Waals surface area contributed by atoms with E-state index in [1.165, 1.54) is 6.07 Å². The molecule has 3 N–H and O–H groups in total. The fraction of sp³-hybridized carbons (Fsp3) is 0.591. The van der Waals surface area contributed by atoms with E-state index < -0.39 is 6.61 Å². The Labute approximate surface area is 185 Å². The van der Waals surface area contributed by atoms with Gasteiger partial charge in [0.2, 0.25) is 0 Å². The number of piperidine rings is 1. The molecule has 5 rings (SSSR count). The van der Waals surface area contributed by atoms with Crippen molar-refractivity contribution in [2.45, 2.75) is 50.2 Å². The fourth-order valence-corrected chi connectivity index (χ4v) is 4.15. The molecule has 2 aromatic rings. The van der Waals surface area contributed by atoms with E-state index in [9.17, 15) is 8.78 Å². The SMILES string of the molecule is CO.Nc1ncc(-c2cc(C3CCN(C4COC4)CC3)nc(C3CC3)n2)cc1OC(F)F. The monoisotopic (exact) mass is 449 g/mol. The van der Waals surface area contributed by atoms with Gasteiger partial charge in [0.05, 0.1) is 24.9 Å². The van der Waals surface area contributed by atoms with Crippen LogP contribution in [-0.4, -0.2) is 71.0 Å². The number of rotatable bonds is 6. The first kappa shape index (κ1) is 22.8. The van der Waals surface area contributed by atoms with Crippen molar-refractivity contribution in [1.82, 2.24) is 19.9 Å². The van der Waals surface area contributed by atoms with Crippen molar-refractivity contribution in [3.05, 3.63) is 29.8 Å². The van der Waals surface area contributed by atoms with Crippen molar-refractivity contribution in [2.24, 2.45) is 0 Å². The lowest BCUT2D eigenvalue weighted by Gasteiger charge is -2.41. The van der Waals surface area contributed by atoms with E-state index in [0.29, 0.717) is 29.1 Å². The highest BCUT2D eigenvalue weighted by Crippen LogP contribution is 2.40. The minimum absolute atomic E-state index is 0.0666. The maximum atomic E-state index is 12.7. The molecule has 1 saturated carbocycles. The standard InChI is InChI=1S/C21H25F2N5O2.CH4O/c22-21(23)30-18-7-14(9-25-19(18)24)17-8-16(26-20(27-17)13-1-2-13)12-3-5-28(6-4-12)15-10-29-11-15;1-2/h7-9,12-13,15,21H,1-6,10-11H2,(H2,24,25);2H,1H3. The lowest BCUT2D eigenvalue weighted by molar-refractivity contribution is -0.0713. The number of hydrogen-bond donors (Lipinski definition) is 2. The Morgan fingerprint density at radius 1 is 1.09 bits per heavy atom. The second-order valence-electron chi connectivity index (χ2n) is 8.30. The van der Waals surface area contributed by atoms with E-state index in [1.807, 2.05) is 6.07 Å². The molecule has 4 heterocycles. The molecule has 10 heteroatoms. The molecular formula is C22H29F2N5O3. The molecule has 8 nitrogen and oxygen atoms in total. The van der Waals surface area contributed by atoms with Gasteiger partial charge in [-0.15, -0.1) is 0 Å². The molecule has 174 valence electrons. The summed E-state index contributed by atoms with van der Waals surface area (Å²) in [4.78, 5) is 16.1. The van der Waals surface area contributed by atoms with Crippen LogP contribution in [0, 0.1) is 0 Å². The molecule has 0 radical (unpaired) electrons. The van der Waals surface area contributed by atoms with Crippen molar-refractivity contribution in [3.8, 4) is 17.0 Å². The second-order valence-corrected chi connectivity index (χ2v) is 8.30. The lowest BCUT2D eigenvalue weighted by Crippen LogP contribution is -2.51. The smallest absolute Gasteiger partial charge is 0.387 e. The average molecular weight is 450 g/mol. The van der Waals surface area contributed by atoms with Gasteiger partial charge in [0, 0.05) is 36.4 Å². The summed E-state index contributed by atoms with van der Waals surface area (Å²) in [6, 6.07) is 4.01. The molecular weight excluding hydrogens is 420 g/mol. The van der Waals surface area contributed by atoms with Gasteiger partial charge in [0.15, 0.2) is 11.6 Å². The number of anilines is 1. The number of ether oxygens (including phenoxy) is 2. The minimum atomic E-state index is -2.96. The number of nitrogens with two attached hydrogens (primary N) is 1. The van der Waals surface area contributed by atoms with Gasteiger partial charge in [0.25, 0.3) is 0 Å². The Morgan fingerprint density at radius 2 is 1.81 bits per heavy atom. The first-order valence-corrected chi connectivity index (χ1v) is 10.9. The number of nitrogen functional groups attached to an aromatic ring is 1. The van der Waals surface area contributed by atoms with Crippen LogP contribution in [0.2, 0.25) is 0 Å². The van der Waals surface area contributed by atoms with Crippen molar-refractivity contribution >= 4 is 5.82 Å². The number of halogens is 2. The number of nitrogens with zero attached hydrogens (tertiary/aromatic N) is 4. The Kier molecular flexibility index (Phi) is 7.12. The number of aliphatic hydroxyl groups is 1. The van der Waals surface area contributed by atoms with Gasteiger partial charge in [-0.1, -0.05) is 0 Å². The van der Waals surface area contributed by atoms with Gasteiger partial charge in [-0.05, 0) is 50.9 Å². The predicted molar refractivity (Wildman–Crippen MR) is 115 cm³/mol. The fourth-order valence-electron chi connectivity index (χ4n) is 4.15. The van der Waals surface area contributed by atoms with Gasteiger partial charge in [-0.3, -0.25) is 4.90 Å². The largest absolute Gasteiger partial charge is 0.431 e. The van der Waals surface area contributed by atoms with E-state index in [4.69, 9.17) is 25.5 Å². The molecule has 3 aliphatic rings. The van der Waals surface area contributed by atoms with Crippen LogP contribution in [0.3, 0.4) is 0 Å². The van der Waals surface area contributed by atoms with Crippen LogP contribution in [0.15, 0.2) is 18.3 Å². The van der Waals surface area contributed by atoms with Gasteiger partial charge in [-0.2, -0.15) is 8.78 Å². The summed E-state index contributed by atoms with van der Waals surface area (Å²) in [6.07, 6.45) is 5.80. The van der Waals surface area contributed by atoms with E-state index >= 15 is 0 Å². The van der Waals surface area contributed by atoms with Crippen LogP contribution in [-0.2, 0) is 4.74 Å². The molecule has 0 amide bonds. The predicted octanol–water partition coefficient (Wildman–Crippen LogP) is 2.79. The first-order chi connectivity index (χ1) is 15.6. The average Bonchev–Trinajstić information content (AvgIpc) is 3.61. The van der Waals surface area contributed by atoms with E-state index in [0.717, 1.165) is 70.6 Å². The minimum Gasteiger partial charge on any atom is -0.431 e. The number of aromatic nitrogens is 3. The van der Waals surface area contributed by atoms with Crippen LogP contribution in [0.1, 0.15) is 49.0 Å². The van der Waals surface area contributed by atoms with Crippen LogP contribution < -0.4 is 10.5 Å². The molecule has 0 spiro atoms. The highest BCUT2D eigenvalue weighted by atomic mass is 19.3. The molecule has 0 unspecified atom stereocenters. The van der Waals surface area contributed by atoms with Gasteiger partial charge >= 0.3 is 6.61 Å². The molecule has 2 aromatic heterocycles. The third-order valence-electron chi connectivity index (χ3n) is 6.18. The molecule has 0 bridgehead atoms. The first-order valence-electron chi connectivity index (χ1n) is 10.9. The van der Waals surface area contributed by atoms with Crippen molar-refractivity contribution < 1.29 is 23.4 Å². The third kappa shape index (κ3) is 5.13. The molecule has 0 atom stereocenters. The number of alkyl halides is 2. The normalized spacial score (nSPS) is 19.9. The summed E-state index contributed by atoms with van der Waals surface area (Å²) in [5.74, 6) is 1.38. The van der Waals surface area contributed by atoms with Crippen molar-refractivity contribution in [2.75, 3.05) is 39.1 Å². The van der Waals surface area contributed by atoms with Crippen LogP contribution >= 0.6 is 0 Å². The number of pyridine rings is 1. The zero-order valence-corrected chi connectivity index (χ0v) is 18.1. The van der Waals surface area contributed by atoms with Gasteiger partial charge < -0.3 is 20.3 Å². The summed E-state index contributed by atoms with van der Waals surface area (Å²) in [5, 5.41) is 7.00. The summed E-state index contributed by atoms with van der Waals surface area (Å²) in [5.41, 5.74) is 8.01. The third-order valence-corrected chi connectivity index (χ3v) is 6.18. The van der Waals surface area contributed by atoms with Crippen LogP contribution in [0.5, 0.6) is 5.75 Å². The highest BCUT2D eigenvalue weighted by molar-refractivity contribution is 5.64. The van der Waals surface area contributed by atoms with E-state index in [1.54, 1.807) is 6.20 Å². The van der Waals surface area contributed by atoms with Crippen LogP contribution in [0.25, 0.3) is 11.3 Å². The summed E-state index contributed by atoms with van der Waals surface area (Å²) in [6.45, 7) is 0.778. The van der Waals surface area contributed by atoms with Crippen molar-refractivity contribution in [3.63, 3.8) is 0 Å². The highest BCUT2D eigenvalue weighted by Gasteiger charge is 2.32. The summed E-state index contributed by atoms with van der Waals surface area (Å²) < 4.78 is 35.2. The van der Waals surface area contributed by atoms with Gasteiger partial charge in [0.1, 0.15) is 5.82 Å². The molecule has 0 aromatic carbocycles. The Hall–Kier alpha value is -2.43. The second kappa shape index (κ2) is 10.0.